The molecule has 124 valence electrons. The summed E-state index contributed by atoms with van der Waals surface area (Å²) in [5.74, 6) is -0.732. The van der Waals surface area contributed by atoms with Gasteiger partial charge in [0, 0.05) is 10.9 Å². The van der Waals surface area contributed by atoms with Gasteiger partial charge in [-0.1, -0.05) is 18.2 Å². The number of aryl methyl sites for hydroxylation is 2. The van der Waals surface area contributed by atoms with Crippen LogP contribution in [0.15, 0.2) is 33.2 Å². The molecule has 0 aliphatic carbocycles. The van der Waals surface area contributed by atoms with E-state index in [4.69, 9.17) is 5.73 Å². The lowest BCUT2D eigenvalue weighted by molar-refractivity contribution is -0.120. The van der Waals surface area contributed by atoms with Crippen molar-refractivity contribution in [1.82, 2.24) is 9.55 Å². The van der Waals surface area contributed by atoms with E-state index < -0.39 is 23.2 Å². The van der Waals surface area contributed by atoms with Crippen LogP contribution in [0.5, 0.6) is 0 Å². The zero-order valence-corrected chi connectivity index (χ0v) is 14.4. The summed E-state index contributed by atoms with van der Waals surface area (Å²) in [5.41, 5.74) is 8.03. The van der Waals surface area contributed by atoms with Gasteiger partial charge in [-0.15, -0.1) is 11.3 Å². The molecular formula is C17H17N3O3S. The molecule has 1 amide bonds. The molecule has 0 fully saturated rings. The van der Waals surface area contributed by atoms with Crippen LogP contribution in [0.2, 0.25) is 0 Å². The van der Waals surface area contributed by atoms with Crippen molar-refractivity contribution >= 4 is 27.5 Å². The molecule has 0 bridgehead atoms. The highest BCUT2D eigenvalue weighted by Gasteiger charge is 2.20. The molecule has 0 radical (unpaired) electrons. The van der Waals surface area contributed by atoms with Gasteiger partial charge in [0.05, 0.1) is 5.39 Å². The predicted molar refractivity (Wildman–Crippen MR) is 95.5 cm³/mol. The molecule has 3 rings (SSSR count). The quantitative estimate of drug-likeness (QED) is 0.762. The van der Waals surface area contributed by atoms with Crippen molar-refractivity contribution in [2.75, 3.05) is 0 Å². The number of nitrogens with two attached hydrogens (primary N) is 1. The molecule has 7 heteroatoms. The van der Waals surface area contributed by atoms with Crippen molar-refractivity contribution < 1.29 is 4.79 Å². The van der Waals surface area contributed by atoms with Crippen molar-refractivity contribution in [1.29, 1.82) is 0 Å². The van der Waals surface area contributed by atoms with E-state index in [1.807, 2.05) is 37.4 Å². The maximum absolute atomic E-state index is 12.8. The Morgan fingerprint density at radius 3 is 2.58 bits per heavy atom. The van der Waals surface area contributed by atoms with Crippen molar-refractivity contribution in [3.8, 4) is 11.1 Å². The van der Waals surface area contributed by atoms with E-state index in [1.165, 1.54) is 18.3 Å². The van der Waals surface area contributed by atoms with Crippen LogP contribution >= 0.6 is 11.3 Å². The van der Waals surface area contributed by atoms with E-state index in [1.54, 1.807) is 0 Å². The highest BCUT2D eigenvalue weighted by atomic mass is 32.1. The lowest BCUT2D eigenvalue weighted by Gasteiger charge is -2.10. The van der Waals surface area contributed by atoms with Gasteiger partial charge in [-0.3, -0.25) is 14.6 Å². The Kier molecular flexibility index (Phi) is 3.88. The van der Waals surface area contributed by atoms with Gasteiger partial charge in [0.2, 0.25) is 5.91 Å². The number of H-pyrrole nitrogens is 1. The lowest BCUT2D eigenvalue weighted by Crippen LogP contribution is -2.41. The SMILES string of the molecule is Cc1ccc(-c2csc3[nH]c(=O)n(C(C)C(N)=O)c(=O)c23)cc1C. The van der Waals surface area contributed by atoms with Gasteiger partial charge < -0.3 is 5.73 Å². The fraction of sp³-hybridized carbons (Fsp3) is 0.235. The van der Waals surface area contributed by atoms with Crippen LogP contribution in [-0.2, 0) is 4.79 Å². The summed E-state index contributed by atoms with van der Waals surface area (Å²) in [4.78, 5) is 39.6. The van der Waals surface area contributed by atoms with Gasteiger partial charge in [-0.05, 0) is 37.5 Å². The Hall–Kier alpha value is -2.67. The molecule has 3 aromatic rings. The second kappa shape index (κ2) is 5.76. The third kappa shape index (κ3) is 2.46. The van der Waals surface area contributed by atoms with E-state index in [0.717, 1.165) is 26.8 Å². The van der Waals surface area contributed by atoms with Gasteiger partial charge in [0.15, 0.2) is 0 Å². The minimum absolute atomic E-state index is 0.399. The molecule has 2 aromatic heterocycles. The van der Waals surface area contributed by atoms with Crippen LogP contribution in [0.1, 0.15) is 24.1 Å². The van der Waals surface area contributed by atoms with Gasteiger partial charge >= 0.3 is 5.69 Å². The molecule has 0 saturated heterocycles. The van der Waals surface area contributed by atoms with Crippen molar-refractivity contribution in [2.45, 2.75) is 26.8 Å². The van der Waals surface area contributed by atoms with Crippen LogP contribution < -0.4 is 17.0 Å². The summed E-state index contributed by atoms with van der Waals surface area (Å²) >= 11 is 1.29. The average Bonchev–Trinajstić information content (AvgIpc) is 2.93. The molecule has 2 heterocycles. The number of thiophene rings is 1. The Labute approximate surface area is 141 Å². The molecule has 1 unspecified atom stereocenters. The topological polar surface area (TPSA) is 97.9 Å². The highest BCUT2D eigenvalue weighted by molar-refractivity contribution is 7.17. The standard InChI is InChI=1S/C17H17N3O3S/c1-8-4-5-11(6-9(8)2)12-7-24-15-13(12)16(22)20(17(23)19-15)10(3)14(18)21/h4-7,10H,1-3H3,(H2,18,21)(H,19,23). The number of aromatic amines is 1. The molecule has 1 aromatic carbocycles. The smallest absolute Gasteiger partial charge is 0.330 e. The summed E-state index contributed by atoms with van der Waals surface area (Å²) in [6.07, 6.45) is 0. The summed E-state index contributed by atoms with van der Waals surface area (Å²) in [6, 6.07) is 4.92. The fourth-order valence-electron chi connectivity index (χ4n) is 2.63. The number of carbonyl (C=O) groups is 1. The Bertz CT molecular complexity index is 1070. The lowest BCUT2D eigenvalue weighted by atomic mass is 10.0. The first-order valence-corrected chi connectivity index (χ1v) is 8.32. The van der Waals surface area contributed by atoms with E-state index in [2.05, 4.69) is 4.98 Å². The third-order valence-corrected chi connectivity index (χ3v) is 5.18. The van der Waals surface area contributed by atoms with Crippen molar-refractivity contribution in [2.24, 2.45) is 5.73 Å². The number of carbonyl (C=O) groups excluding carboxylic acids is 1. The number of amides is 1. The Morgan fingerprint density at radius 2 is 1.96 bits per heavy atom. The number of hydrogen-bond donors (Lipinski definition) is 2. The maximum Gasteiger partial charge on any atom is 0.330 e. The van der Waals surface area contributed by atoms with Crippen LogP contribution in [0.25, 0.3) is 21.3 Å². The van der Waals surface area contributed by atoms with Crippen LogP contribution in [-0.4, -0.2) is 15.5 Å². The zero-order valence-electron chi connectivity index (χ0n) is 13.5. The number of benzene rings is 1. The fourth-order valence-corrected chi connectivity index (χ4v) is 3.58. The van der Waals surface area contributed by atoms with Crippen LogP contribution in [0.4, 0.5) is 0 Å². The van der Waals surface area contributed by atoms with Gasteiger partial charge in [0.25, 0.3) is 5.56 Å². The number of rotatable bonds is 3. The van der Waals surface area contributed by atoms with Crippen LogP contribution in [0.3, 0.4) is 0 Å². The van der Waals surface area contributed by atoms with E-state index >= 15 is 0 Å². The highest BCUT2D eigenvalue weighted by Crippen LogP contribution is 2.31. The van der Waals surface area contributed by atoms with Gasteiger partial charge in [-0.25, -0.2) is 9.36 Å². The summed E-state index contributed by atoms with van der Waals surface area (Å²) in [6.45, 7) is 5.46. The summed E-state index contributed by atoms with van der Waals surface area (Å²) < 4.78 is 0.877. The molecule has 0 aliphatic heterocycles. The molecule has 1 atom stereocenters. The first kappa shape index (κ1) is 16.2. The molecule has 24 heavy (non-hydrogen) atoms. The average molecular weight is 343 g/mol. The Balaban J connectivity index is 2.34. The van der Waals surface area contributed by atoms with Gasteiger partial charge in [-0.2, -0.15) is 0 Å². The van der Waals surface area contributed by atoms with Crippen LogP contribution in [0, 0.1) is 13.8 Å². The monoisotopic (exact) mass is 343 g/mol. The van der Waals surface area contributed by atoms with Crippen molar-refractivity contribution in [3.05, 3.63) is 55.5 Å². The summed E-state index contributed by atoms with van der Waals surface area (Å²) in [5, 5.41) is 2.24. The molecule has 6 nitrogen and oxygen atoms in total. The normalized spacial score (nSPS) is 12.5. The Morgan fingerprint density at radius 1 is 1.25 bits per heavy atom. The minimum atomic E-state index is -1.02. The first-order chi connectivity index (χ1) is 11.3. The number of aromatic nitrogens is 2. The second-order valence-electron chi connectivity index (χ2n) is 5.84. The number of nitrogens with one attached hydrogen (secondary N) is 1. The van der Waals surface area contributed by atoms with E-state index in [0.29, 0.717) is 10.2 Å². The molecule has 0 spiro atoms. The molecule has 3 N–H and O–H groups in total. The molecule has 0 aliphatic rings. The number of fused-ring (bicyclic) bond motifs is 1. The number of primary amides is 1. The molecule has 0 saturated carbocycles. The first-order valence-electron chi connectivity index (χ1n) is 7.44. The molecular weight excluding hydrogens is 326 g/mol. The third-order valence-electron chi connectivity index (χ3n) is 4.28. The number of hydrogen-bond acceptors (Lipinski definition) is 4. The van der Waals surface area contributed by atoms with E-state index in [9.17, 15) is 14.4 Å². The minimum Gasteiger partial charge on any atom is -0.368 e. The van der Waals surface area contributed by atoms with Crippen molar-refractivity contribution in [3.63, 3.8) is 0 Å². The number of nitrogens with zero attached hydrogens (tertiary/aromatic N) is 1. The van der Waals surface area contributed by atoms with E-state index in [-0.39, 0.29) is 0 Å². The largest absolute Gasteiger partial charge is 0.368 e. The zero-order chi connectivity index (χ0) is 17.6. The van der Waals surface area contributed by atoms with Gasteiger partial charge in [0.1, 0.15) is 10.9 Å². The second-order valence-corrected chi connectivity index (χ2v) is 6.72. The summed E-state index contributed by atoms with van der Waals surface area (Å²) in [7, 11) is 0. The maximum atomic E-state index is 12.8. The predicted octanol–water partition coefficient (Wildman–Crippen LogP) is 2.08.